The topological polar surface area (TPSA) is 114 Å². The zero-order valence-electron chi connectivity index (χ0n) is 19.4. The summed E-state index contributed by atoms with van der Waals surface area (Å²) in [6.07, 6.45) is 1.63. The van der Waals surface area contributed by atoms with E-state index in [-0.39, 0.29) is 5.56 Å². The van der Waals surface area contributed by atoms with E-state index in [4.69, 9.17) is 31.5 Å². The minimum Gasteiger partial charge on any atom is -0.497 e. The highest BCUT2D eigenvalue weighted by Gasteiger charge is 2.21. The second-order valence-corrected chi connectivity index (χ2v) is 7.95. The molecule has 0 aliphatic rings. The molecule has 0 saturated heterocycles. The van der Waals surface area contributed by atoms with Gasteiger partial charge < -0.3 is 25.3 Å². The molecule has 9 nitrogen and oxygen atoms in total. The first-order valence-electron chi connectivity index (χ1n) is 10.3. The standard InChI is InChI=1S/C24H24ClN5O4/c1-12-18(33-4)10-19(34-5)21(25)20(12)15-8-13-11-27-24(29-22(13)30(2)23(15)31)28-17-7-6-14(32-3)9-16(17)26/h6-11H,26H2,1-5H3,(H,27,28,29). The fraction of sp³-hybridized carbons (Fsp3) is 0.208. The van der Waals surface area contributed by atoms with Crippen molar-refractivity contribution in [3.8, 4) is 28.4 Å². The Morgan fingerprint density at radius 3 is 2.44 bits per heavy atom. The number of rotatable bonds is 6. The van der Waals surface area contributed by atoms with E-state index in [9.17, 15) is 4.79 Å². The zero-order valence-corrected chi connectivity index (χ0v) is 20.1. The van der Waals surface area contributed by atoms with Gasteiger partial charge in [-0.05, 0) is 25.1 Å². The number of fused-ring (bicyclic) bond motifs is 1. The van der Waals surface area contributed by atoms with Crippen molar-refractivity contribution in [2.45, 2.75) is 6.92 Å². The van der Waals surface area contributed by atoms with Crippen LogP contribution in [0, 0.1) is 6.92 Å². The predicted molar refractivity (Wildman–Crippen MR) is 134 cm³/mol. The van der Waals surface area contributed by atoms with Crippen LogP contribution in [0.4, 0.5) is 17.3 Å². The van der Waals surface area contributed by atoms with Gasteiger partial charge in [0.2, 0.25) is 5.95 Å². The van der Waals surface area contributed by atoms with Crippen molar-refractivity contribution in [3.63, 3.8) is 0 Å². The fourth-order valence-corrected chi connectivity index (χ4v) is 4.15. The molecule has 0 radical (unpaired) electrons. The third-order valence-corrected chi connectivity index (χ3v) is 5.98. The largest absolute Gasteiger partial charge is 0.497 e. The molecule has 2 aromatic heterocycles. The van der Waals surface area contributed by atoms with Gasteiger partial charge in [-0.1, -0.05) is 11.6 Å². The molecule has 0 aliphatic heterocycles. The summed E-state index contributed by atoms with van der Waals surface area (Å²) in [5.41, 5.74) is 8.99. The molecule has 0 aliphatic carbocycles. The number of methoxy groups -OCH3 is 3. The lowest BCUT2D eigenvalue weighted by atomic mass is 9.99. The van der Waals surface area contributed by atoms with Crippen LogP contribution in [0.1, 0.15) is 5.56 Å². The number of nitrogens with zero attached hydrogens (tertiary/aromatic N) is 3. The summed E-state index contributed by atoms with van der Waals surface area (Å²) < 4.78 is 17.5. The van der Waals surface area contributed by atoms with Crippen molar-refractivity contribution in [3.05, 3.63) is 57.5 Å². The smallest absolute Gasteiger partial charge is 0.259 e. The third kappa shape index (κ3) is 3.94. The number of benzene rings is 2. The summed E-state index contributed by atoms with van der Waals surface area (Å²) in [7, 11) is 6.28. The van der Waals surface area contributed by atoms with Gasteiger partial charge in [0, 0.05) is 47.5 Å². The van der Waals surface area contributed by atoms with Gasteiger partial charge in [0.15, 0.2) is 0 Å². The number of nitrogen functional groups attached to an aromatic ring is 1. The molecule has 10 heteroatoms. The number of nitrogens with two attached hydrogens (primary N) is 1. The maximum atomic E-state index is 13.4. The minimum atomic E-state index is -0.276. The Morgan fingerprint density at radius 1 is 1.06 bits per heavy atom. The van der Waals surface area contributed by atoms with Gasteiger partial charge in [0.25, 0.3) is 5.56 Å². The van der Waals surface area contributed by atoms with Crippen molar-refractivity contribution in [1.82, 2.24) is 14.5 Å². The number of nitrogens with one attached hydrogen (secondary N) is 1. The van der Waals surface area contributed by atoms with Crippen molar-refractivity contribution < 1.29 is 14.2 Å². The van der Waals surface area contributed by atoms with Gasteiger partial charge in [-0.15, -0.1) is 0 Å². The second-order valence-electron chi connectivity index (χ2n) is 7.57. The molecule has 4 aromatic rings. The zero-order chi connectivity index (χ0) is 24.6. The summed E-state index contributed by atoms with van der Waals surface area (Å²) >= 11 is 6.61. The van der Waals surface area contributed by atoms with E-state index in [1.807, 2.05) is 6.92 Å². The number of hydrogen-bond donors (Lipinski definition) is 2. The average Bonchev–Trinajstić information content (AvgIpc) is 2.84. The highest BCUT2D eigenvalue weighted by atomic mass is 35.5. The molecule has 176 valence electrons. The molecule has 0 atom stereocenters. The Kier molecular flexibility index (Phi) is 6.21. The molecular weight excluding hydrogens is 458 g/mol. The van der Waals surface area contributed by atoms with Crippen molar-refractivity contribution in [2.75, 3.05) is 32.4 Å². The number of halogens is 1. The van der Waals surface area contributed by atoms with Crippen molar-refractivity contribution in [1.29, 1.82) is 0 Å². The molecule has 0 spiro atoms. The molecule has 3 N–H and O–H groups in total. The molecule has 0 amide bonds. The van der Waals surface area contributed by atoms with Crippen LogP contribution in [0.3, 0.4) is 0 Å². The predicted octanol–water partition coefficient (Wildman–Crippen LogP) is 4.31. The lowest BCUT2D eigenvalue weighted by Crippen LogP contribution is -2.20. The Morgan fingerprint density at radius 2 is 1.79 bits per heavy atom. The van der Waals surface area contributed by atoms with Gasteiger partial charge in [-0.2, -0.15) is 4.98 Å². The first kappa shape index (κ1) is 23.2. The Labute approximate surface area is 201 Å². The molecule has 2 heterocycles. The van der Waals surface area contributed by atoms with E-state index >= 15 is 0 Å². The van der Waals surface area contributed by atoms with E-state index in [1.165, 1.54) is 11.7 Å². The van der Waals surface area contributed by atoms with Crippen LogP contribution in [0.5, 0.6) is 17.2 Å². The highest BCUT2D eigenvalue weighted by molar-refractivity contribution is 6.35. The summed E-state index contributed by atoms with van der Waals surface area (Å²) in [6, 6.07) is 8.65. The molecule has 34 heavy (non-hydrogen) atoms. The maximum Gasteiger partial charge on any atom is 0.259 e. The quantitative estimate of drug-likeness (QED) is 0.392. The second kappa shape index (κ2) is 9.11. The fourth-order valence-electron chi connectivity index (χ4n) is 3.77. The van der Waals surface area contributed by atoms with Crippen LogP contribution < -0.4 is 30.8 Å². The Balaban J connectivity index is 1.84. The van der Waals surface area contributed by atoms with Gasteiger partial charge >= 0.3 is 0 Å². The van der Waals surface area contributed by atoms with Crippen LogP contribution in [-0.4, -0.2) is 35.9 Å². The van der Waals surface area contributed by atoms with Crippen LogP contribution in [0.15, 0.2) is 41.3 Å². The summed E-state index contributed by atoms with van der Waals surface area (Å²) in [4.78, 5) is 22.3. The minimum absolute atomic E-state index is 0.276. The van der Waals surface area contributed by atoms with Crippen molar-refractivity contribution in [2.24, 2.45) is 7.05 Å². The van der Waals surface area contributed by atoms with E-state index in [1.54, 1.807) is 57.8 Å². The van der Waals surface area contributed by atoms with E-state index < -0.39 is 0 Å². The lowest BCUT2D eigenvalue weighted by Gasteiger charge is -2.17. The van der Waals surface area contributed by atoms with E-state index in [0.717, 1.165) is 5.56 Å². The lowest BCUT2D eigenvalue weighted by molar-refractivity contribution is 0.393. The molecule has 4 rings (SSSR count). The van der Waals surface area contributed by atoms with E-state index in [2.05, 4.69) is 15.3 Å². The summed E-state index contributed by atoms with van der Waals surface area (Å²) in [6.45, 7) is 1.84. The van der Waals surface area contributed by atoms with Gasteiger partial charge in [-0.3, -0.25) is 9.36 Å². The molecule has 0 fully saturated rings. The molecule has 2 aromatic carbocycles. The first-order valence-corrected chi connectivity index (χ1v) is 10.7. The molecule has 0 saturated carbocycles. The SMILES string of the molecule is COc1ccc(Nc2ncc3cc(-c4c(C)c(OC)cc(OC)c4Cl)c(=O)n(C)c3n2)c(N)c1. The van der Waals surface area contributed by atoms with E-state index in [0.29, 0.717) is 61.8 Å². The maximum absolute atomic E-state index is 13.4. The number of pyridine rings is 1. The van der Waals surface area contributed by atoms with Crippen molar-refractivity contribution >= 4 is 40.0 Å². The van der Waals surface area contributed by atoms with Crippen LogP contribution in [0.2, 0.25) is 5.02 Å². The third-order valence-electron chi connectivity index (χ3n) is 5.61. The van der Waals surface area contributed by atoms with Gasteiger partial charge in [-0.25, -0.2) is 4.98 Å². The van der Waals surface area contributed by atoms with Crippen LogP contribution in [-0.2, 0) is 7.05 Å². The summed E-state index contributed by atoms with van der Waals surface area (Å²) in [5.74, 6) is 1.91. The Hall–Kier alpha value is -3.98. The van der Waals surface area contributed by atoms with Crippen LogP contribution >= 0.6 is 11.6 Å². The number of aromatic nitrogens is 3. The summed E-state index contributed by atoms with van der Waals surface area (Å²) in [5, 5.41) is 4.07. The molecular formula is C24H24ClN5O4. The van der Waals surface area contributed by atoms with Gasteiger partial charge in [0.05, 0.1) is 37.7 Å². The van der Waals surface area contributed by atoms with Crippen LogP contribution in [0.25, 0.3) is 22.2 Å². The number of anilines is 3. The molecule has 0 bridgehead atoms. The first-order chi connectivity index (χ1) is 16.3. The number of ether oxygens (including phenoxy) is 3. The average molecular weight is 482 g/mol. The Bertz CT molecular complexity index is 1440. The highest BCUT2D eigenvalue weighted by Crippen LogP contribution is 2.42. The normalized spacial score (nSPS) is 10.9. The monoisotopic (exact) mass is 481 g/mol. The number of hydrogen-bond acceptors (Lipinski definition) is 8. The number of aryl methyl sites for hydroxylation is 1. The van der Waals surface area contributed by atoms with Gasteiger partial charge in [0.1, 0.15) is 22.9 Å². The molecule has 0 unspecified atom stereocenters.